The van der Waals surface area contributed by atoms with E-state index in [0.29, 0.717) is 12.6 Å². The Morgan fingerprint density at radius 2 is 1.93 bits per heavy atom. The number of rotatable bonds is 5. The molecule has 15 heavy (non-hydrogen) atoms. The number of hydrogen-bond acceptors (Lipinski definition) is 6. The van der Waals surface area contributed by atoms with Crippen LogP contribution in [0.1, 0.15) is 0 Å². The van der Waals surface area contributed by atoms with Crippen molar-refractivity contribution in [3.05, 3.63) is 12.7 Å². The fraction of sp³-hybridized carbons (Fsp3) is 0.444. The van der Waals surface area contributed by atoms with Crippen LogP contribution in [-0.4, -0.2) is 42.8 Å². The Kier molecular flexibility index (Phi) is 3.84. The standard InChI is InChI=1S/C9H14N4O2/c1-5-6-15-9-11-7(13(2)3)10-8(12-9)14-4/h5H,1,6H2,2-4H3. The van der Waals surface area contributed by atoms with Gasteiger partial charge in [-0.15, -0.1) is 4.98 Å². The topological polar surface area (TPSA) is 60.4 Å². The molecule has 0 N–H and O–H groups in total. The van der Waals surface area contributed by atoms with E-state index in [9.17, 15) is 0 Å². The number of nitrogens with zero attached hydrogens (tertiary/aromatic N) is 4. The first kappa shape index (κ1) is 11.2. The maximum atomic E-state index is 5.20. The molecule has 6 heteroatoms. The first-order chi connectivity index (χ1) is 7.17. The molecule has 0 saturated carbocycles. The summed E-state index contributed by atoms with van der Waals surface area (Å²) in [5.41, 5.74) is 0. The molecular formula is C9H14N4O2. The smallest absolute Gasteiger partial charge is 0.324 e. The maximum Gasteiger partial charge on any atom is 0.324 e. The molecule has 0 aliphatic rings. The molecule has 0 atom stereocenters. The van der Waals surface area contributed by atoms with Crippen molar-refractivity contribution in [2.24, 2.45) is 0 Å². The van der Waals surface area contributed by atoms with E-state index in [1.165, 1.54) is 7.11 Å². The molecule has 0 aliphatic carbocycles. The van der Waals surface area contributed by atoms with Gasteiger partial charge >= 0.3 is 12.0 Å². The van der Waals surface area contributed by atoms with E-state index in [2.05, 4.69) is 21.5 Å². The Balaban J connectivity index is 2.94. The summed E-state index contributed by atoms with van der Waals surface area (Å²) >= 11 is 0. The predicted octanol–water partition coefficient (Wildman–Crippen LogP) is 0.511. The van der Waals surface area contributed by atoms with Crippen LogP contribution in [0.2, 0.25) is 0 Å². The van der Waals surface area contributed by atoms with Crippen molar-refractivity contribution in [3.8, 4) is 12.0 Å². The highest BCUT2D eigenvalue weighted by molar-refractivity contribution is 5.29. The van der Waals surface area contributed by atoms with E-state index in [0.717, 1.165) is 0 Å². The molecule has 0 saturated heterocycles. The van der Waals surface area contributed by atoms with Gasteiger partial charge in [-0.3, -0.25) is 0 Å². The fourth-order valence-electron chi connectivity index (χ4n) is 0.817. The van der Waals surface area contributed by atoms with Crippen molar-refractivity contribution in [2.75, 3.05) is 32.7 Å². The first-order valence-electron chi connectivity index (χ1n) is 4.38. The van der Waals surface area contributed by atoms with E-state index in [1.54, 1.807) is 11.0 Å². The van der Waals surface area contributed by atoms with Crippen LogP contribution in [0.5, 0.6) is 12.0 Å². The molecule has 0 bridgehead atoms. The molecule has 1 aromatic heterocycles. The zero-order chi connectivity index (χ0) is 11.3. The molecule has 0 aromatic carbocycles. The van der Waals surface area contributed by atoms with Gasteiger partial charge < -0.3 is 14.4 Å². The summed E-state index contributed by atoms with van der Waals surface area (Å²) in [4.78, 5) is 13.8. The van der Waals surface area contributed by atoms with Crippen molar-refractivity contribution in [3.63, 3.8) is 0 Å². The van der Waals surface area contributed by atoms with Crippen LogP contribution in [0.15, 0.2) is 12.7 Å². The quantitative estimate of drug-likeness (QED) is 0.660. The van der Waals surface area contributed by atoms with Crippen LogP contribution >= 0.6 is 0 Å². The third kappa shape index (κ3) is 3.08. The van der Waals surface area contributed by atoms with Gasteiger partial charge in [0.25, 0.3) is 0 Å². The second-order valence-corrected chi connectivity index (χ2v) is 2.90. The molecule has 0 amide bonds. The average molecular weight is 210 g/mol. The lowest BCUT2D eigenvalue weighted by Crippen LogP contribution is -2.14. The number of methoxy groups -OCH3 is 1. The van der Waals surface area contributed by atoms with Gasteiger partial charge in [0.2, 0.25) is 5.95 Å². The van der Waals surface area contributed by atoms with Crippen LogP contribution in [0.4, 0.5) is 5.95 Å². The second-order valence-electron chi connectivity index (χ2n) is 2.90. The fourth-order valence-corrected chi connectivity index (χ4v) is 0.817. The van der Waals surface area contributed by atoms with Gasteiger partial charge in [0.05, 0.1) is 7.11 Å². The van der Waals surface area contributed by atoms with E-state index in [4.69, 9.17) is 9.47 Å². The number of anilines is 1. The highest BCUT2D eigenvalue weighted by Crippen LogP contribution is 2.13. The molecular weight excluding hydrogens is 196 g/mol. The summed E-state index contributed by atoms with van der Waals surface area (Å²) in [6, 6.07) is 0.457. The van der Waals surface area contributed by atoms with Gasteiger partial charge in [-0.05, 0) is 0 Å². The van der Waals surface area contributed by atoms with Crippen LogP contribution < -0.4 is 14.4 Å². The van der Waals surface area contributed by atoms with Crippen molar-refractivity contribution >= 4 is 5.95 Å². The van der Waals surface area contributed by atoms with Crippen LogP contribution in [0, 0.1) is 0 Å². The van der Waals surface area contributed by atoms with E-state index < -0.39 is 0 Å². The normalized spacial score (nSPS) is 9.53. The SMILES string of the molecule is C=CCOc1nc(OC)nc(N(C)C)n1. The summed E-state index contributed by atoms with van der Waals surface area (Å²) in [6.45, 7) is 3.89. The maximum absolute atomic E-state index is 5.20. The Hall–Kier alpha value is -1.85. The van der Waals surface area contributed by atoms with Gasteiger partial charge in [0.1, 0.15) is 6.61 Å². The van der Waals surface area contributed by atoms with E-state index in [1.807, 2.05) is 14.1 Å². The van der Waals surface area contributed by atoms with Crippen molar-refractivity contribution in [1.82, 2.24) is 15.0 Å². The lowest BCUT2D eigenvalue weighted by molar-refractivity contribution is 0.313. The molecule has 82 valence electrons. The van der Waals surface area contributed by atoms with Gasteiger partial charge in [-0.25, -0.2) is 0 Å². The summed E-state index contributed by atoms with van der Waals surface area (Å²) in [7, 11) is 5.14. The number of aromatic nitrogens is 3. The highest BCUT2D eigenvalue weighted by Gasteiger charge is 2.08. The summed E-state index contributed by atoms with van der Waals surface area (Å²) in [5, 5.41) is 0. The highest BCUT2D eigenvalue weighted by atomic mass is 16.5. The predicted molar refractivity (Wildman–Crippen MR) is 56.4 cm³/mol. The zero-order valence-corrected chi connectivity index (χ0v) is 9.10. The monoisotopic (exact) mass is 210 g/mol. The first-order valence-corrected chi connectivity index (χ1v) is 4.38. The molecule has 1 aromatic rings. The minimum atomic E-state index is 0.227. The Morgan fingerprint density at radius 3 is 2.47 bits per heavy atom. The van der Waals surface area contributed by atoms with Crippen molar-refractivity contribution in [2.45, 2.75) is 0 Å². The Bertz CT molecular complexity index is 341. The van der Waals surface area contributed by atoms with Crippen LogP contribution in [-0.2, 0) is 0 Å². The lowest BCUT2D eigenvalue weighted by Gasteiger charge is -2.11. The average Bonchev–Trinajstić information content (AvgIpc) is 2.25. The van der Waals surface area contributed by atoms with Crippen molar-refractivity contribution in [1.29, 1.82) is 0 Å². The molecule has 0 spiro atoms. The van der Waals surface area contributed by atoms with E-state index >= 15 is 0 Å². The molecule has 0 aliphatic heterocycles. The minimum Gasteiger partial charge on any atom is -0.467 e. The summed E-state index contributed by atoms with van der Waals surface area (Å²) < 4.78 is 10.1. The van der Waals surface area contributed by atoms with Crippen molar-refractivity contribution < 1.29 is 9.47 Å². The van der Waals surface area contributed by atoms with E-state index in [-0.39, 0.29) is 12.0 Å². The summed E-state index contributed by atoms with van der Waals surface area (Å²) in [6.07, 6.45) is 1.62. The number of hydrogen-bond donors (Lipinski definition) is 0. The van der Waals surface area contributed by atoms with Gasteiger partial charge in [-0.2, -0.15) is 9.97 Å². The van der Waals surface area contributed by atoms with Gasteiger partial charge in [-0.1, -0.05) is 12.7 Å². The summed E-state index contributed by atoms with van der Waals surface area (Å²) in [5.74, 6) is 0.487. The molecule has 1 rings (SSSR count). The van der Waals surface area contributed by atoms with Crippen LogP contribution in [0.3, 0.4) is 0 Å². The molecule has 1 heterocycles. The number of ether oxygens (including phenoxy) is 2. The zero-order valence-electron chi connectivity index (χ0n) is 9.10. The largest absolute Gasteiger partial charge is 0.467 e. The van der Waals surface area contributed by atoms with Gasteiger partial charge in [0.15, 0.2) is 0 Å². The Morgan fingerprint density at radius 1 is 1.27 bits per heavy atom. The molecule has 6 nitrogen and oxygen atoms in total. The lowest BCUT2D eigenvalue weighted by atomic mass is 10.7. The molecule has 0 fully saturated rings. The second kappa shape index (κ2) is 5.14. The third-order valence-corrected chi connectivity index (χ3v) is 1.50. The van der Waals surface area contributed by atoms with Crippen LogP contribution in [0.25, 0.3) is 0 Å². The van der Waals surface area contributed by atoms with Gasteiger partial charge in [0, 0.05) is 14.1 Å². The Labute approximate surface area is 88.6 Å². The molecule has 0 radical (unpaired) electrons. The minimum absolute atomic E-state index is 0.227. The third-order valence-electron chi connectivity index (χ3n) is 1.50. The molecule has 0 unspecified atom stereocenters.